The maximum Gasteiger partial charge on any atom is 0.410 e. The number of aliphatic hydroxyl groups excluding tert-OH is 1. The molecule has 2 heterocycles. The third-order valence-corrected chi connectivity index (χ3v) is 4.65. The molecule has 0 saturated carbocycles. The van der Waals surface area contributed by atoms with E-state index in [0.717, 1.165) is 0 Å². The second kappa shape index (κ2) is 6.29. The zero-order chi connectivity index (χ0) is 18.4. The second-order valence-corrected chi connectivity index (χ2v) is 7.78. The van der Waals surface area contributed by atoms with Crippen molar-refractivity contribution in [2.24, 2.45) is 11.8 Å². The number of hydrogen-bond donors (Lipinski definition) is 1. The first-order valence-corrected chi connectivity index (χ1v) is 8.55. The minimum Gasteiger partial charge on any atom is -0.444 e. The molecule has 2 aliphatic heterocycles. The van der Waals surface area contributed by atoms with Crippen molar-refractivity contribution in [2.75, 3.05) is 13.1 Å². The minimum absolute atomic E-state index is 0.0860. The van der Waals surface area contributed by atoms with Crippen LogP contribution in [0.3, 0.4) is 0 Å². The largest absolute Gasteiger partial charge is 0.444 e. The van der Waals surface area contributed by atoms with Crippen molar-refractivity contribution in [3.8, 4) is 0 Å². The van der Waals surface area contributed by atoms with E-state index < -0.39 is 35.7 Å². The lowest BCUT2D eigenvalue weighted by Crippen LogP contribution is -2.47. The van der Waals surface area contributed by atoms with Crippen LogP contribution in [0.4, 0.5) is 4.79 Å². The van der Waals surface area contributed by atoms with Crippen LogP contribution < -0.4 is 0 Å². The molecule has 7 nitrogen and oxygen atoms in total. The molecule has 25 heavy (non-hydrogen) atoms. The summed E-state index contributed by atoms with van der Waals surface area (Å²) in [4.78, 5) is 40.1. The van der Waals surface area contributed by atoms with Crippen LogP contribution in [0.5, 0.6) is 0 Å². The number of nitrogens with zero attached hydrogens (tertiary/aromatic N) is 2. The van der Waals surface area contributed by atoms with Gasteiger partial charge in [0.05, 0.1) is 30.5 Å². The summed E-state index contributed by atoms with van der Waals surface area (Å²) < 4.78 is 5.38. The van der Waals surface area contributed by atoms with Crippen molar-refractivity contribution in [1.82, 2.24) is 9.80 Å². The molecule has 0 aromatic heterocycles. The van der Waals surface area contributed by atoms with Gasteiger partial charge in [-0.1, -0.05) is 24.3 Å². The first-order valence-electron chi connectivity index (χ1n) is 8.55. The highest BCUT2D eigenvalue weighted by Crippen LogP contribution is 2.32. The average molecular weight is 348 g/mol. The van der Waals surface area contributed by atoms with Gasteiger partial charge in [-0.25, -0.2) is 4.79 Å². The van der Waals surface area contributed by atoms with Gasteiger partial charge in [0.15, 0.2) is 0 Å². The Balaban J connectivity index is 1.73. The average Bonchev–Trinajstić information content (AvgIpc) is 3.00. The van der Waals surface area contributed by atoms with Gasteiger partial charge in [-0.3, -0.25) is 14.5 Å². The molecule has 1 N–H and O–H groups in total. The van der Waals surface area contributed by atoms with Crippen molar-refractivity contribution >= 4 is 17.9 Å². The smallest absolute Gasteiger partial charge is 0.410 e. The number of aliphatic hydroxyl groups is 1. The molecule has 0 aromatic carbocycles. The van der Waals surface area contributed by atoms with Crippen LogP contribution in [-0.4, -0.2) is 63.7 Å². The highest BCUT2D eigenvalue weighted by atomic mass is 16.6. The van der Waals surface area contributed by atoms with Crippen molar-refractivity contribution < 1.29 is 24.2 Å². The van der Waals surface area contributed by atoms with E-state index in [0.29, 0.717) is 6.42 Å². The molecule has 2 fully saturated rings. The number of β-amino-alcohol motifs (C(OH)–C–C–N with tert-alkyl or cyclic N) is 1. The number of imide groups is 1. The summed E-state index contributed by atoms with van der Waals surface area (Å²) in [5.74, 6) is -1.42. The van der Waals surface area contributed by atoms with E-state index in [-0.39, 0.29) is 24.9 Å². The van der Waals surface area contributed by atoms with Crippen LogP contribution in [0.2, 0.25) is 0 Å². The Morgan fingerprint density at radius 1 is 1.20 bits per heavy atom. The van der Waals surface area contributed by atoms with Gasteiger partial charge in [0.25, 0.3) is 0 Å². The van der Waals surface area contributed by atoms with Gasteiger partial charge in [0.2, 0.25) is 11.8 Å². The molecule has 0 spiro atoms. The van der Waals surface area contributed by atoms with Crippen LogP contribution in [0.15, 0.2) is 24.3 Å². The number of carbonyl (C=O) groups is 3. The van der Waals surface area contributed by atoms with E-state index in [1.807, 2.05) is 0 Å². The zero-order valence-corrected chi connectivity index (χ0v) is 14.7. The minimum atomic E-state index is -0.688. The Labute approximate surface area is 146 Å². The quantitative estimate of drug-likeness (QED) is 0.755. The predicted molar refractivity (Wildman–Crippen MR) is 89.3 cm³/mol. The van der Waals surface area contributed by atoms with Gasteiger partial charge >= 0.3 is 6.09 Å². The third kappa shape index (κ3) is 3.46. The van der Waals surface area contributed by atoms with Crippen LogP contribution >= 0.6 is 0 Å². The first kappa shape index (κ1) is 17.7. The number of hydrogen-bond acceptors (Lipinski definition) is 5. The van der Waals surface area contributed by atoms with Crippen molar-refractivity contribution in [3.05, 3.63) is 24.3 Å². The summed E-state index contributed by atoms with van der Waals surface area (Å²) >= 11 is 0. The Bertz CT molecular complexity index is 618. The van der Waals surface area contributed by atoms with Crippen molar-refractivity contribution in [1.29, 1.82) is 0 Å². The number of amides is 3. The van der Waals surface area contributed by atoms with Crippen LogP contribution in [-0.2, 0) is 14.3 Å². The Morgan fingerprint density at radius 3 is 2.28 bits per heavy atom. The first-order chi connectivity index (χ1) is 11.7. The number of carbonyl (C=O) groups excluding carboxylic acids is 3. The SMILES string of the molecule is CC(C)(C)OC(=O)N1C[C@@H](O)C[C@@H]1CN1C(=O)C2C=CC=CC2C1=O. The fraction of sp³-hybridized carbons (Fsp3) is 0.611. The molecule has 0 bridgehead atoms. The van der Waals surface area contributed by atoms with Gasteiger partial charge in [-0.05, 0) is 27.2 Å². The number of rotatable bonds is 2. The molecular formula is C18H24N2O5. The van der Waals surface area contributed by atoms with Gasteiger partial charge in [-0.2, -0.15) is 0 Å². The fourth-order valence-corrected chi connectivity index (χ4v) is 3.55. The number of ether oxygens (including phenoxy) is 1. The maximum atomic E-state index is 12.5. The van der Waals surface area contributed by atoms with Crippen LogP contribution in [0, 0.1) is 11.8 Å². The summed E-state index contributed by atoms with van der Waals surface area (Å²) in [7, 11) is 0. The van der Waals surface area contributed by atoms with Gasteiger partial charge in [-0.15, -0.1) is 0 Å². The number of likely N-dealkylation sites (tertiary alicyclic amines) is 2. The highest BCUT2D eigenvalue weighted by molar-refractivity contribution is 6.07. The summed E-state index contributed by atoms with van der Waals surface area (Å²) in [6.45, 7) is 5.53. The number of fused-ring (bicyclic) bond motifs is 1. The van der Waals surface area contributed by atoms with E-state index in [1.165, 1.54) is 9.80 Å². The molecular weight excluding hydrogens is 324 g/mol. The Morgan fingerprint density at radius 2 is 1.76 bits per heavy atom. The fourth-order valence-electron chi connectivity index (χ4n) is 3.55. The lowest BCUT2D eigenvalue weighted by atomic mass is 9.91. The van der Waals surface area contributed by atoms with Gasteiger partial charge < -0.3 is 14.7 Å². The standard InChI is InChI=1S/C18H24N2O5/c1-18(2,3)25-17(24)19-10-12(21)8-11(19)9-20-15(22)13-6-4-5-7-14(13)16(20)23/h4-7,11-14,21H,8-10H2,1-3H3/t11-,12+,13?,14?/m1/s1. The summed E-state index contributed by atoms with van der Waals surface area (Å²) in [5, 5.41) is 9.97. The molecule has 0 radical (unpaired) electrons. The Hall–Kier alpha value is -2.15. The van der Waals surface area contributed by atoms with Crippen molar-refractivity contribution in [2.45, 2.75) is 44.9 Å². The van der Waals surface area contributed by atoms with Crippen LogP contribution in [0.25, 0.3) is 0 Å². The second-order valence-electron chi connectivity index (χ2n) is 7.78. The Kier molecular flexibility index (Phi) is 4.45. The molecule has 3 aliphatic rings. The molecule has 7 heteroatoms. The van der Waals surface area contributed by atoms with E-state index in [1.54, 1.807) is 45.1 Å². The topological polar surface area (TPSA) is 87.2 Å². The molecule has 2 unspecified atom stereocenters. The predicted octanol–water partition coefficient (Wildman–Crippen LogP) is 1.08. The normalized spacial score (nSPS) is 31.7. The van der Waals surface area contributed by atoms with E-state index in [4.69, 9.17) is 4.74 Å². The molecule has 2 saturated heterocycles. The van der Waals surface area contributed by atoms with E-state index in [9.17, 15) is 19.5 Å². The summed E-state index contributed by atoms with van der Waals surface area (Å²) in [6.07, 6.45) is 6.10. The maximum absolute atomic E-state index is 12.5. The zero-order valence-electron chi connectivity index (χ0n) is 14.7. The lowest BCUT2D eigenvalue weighted by Gasteiger charge is -2.30. The molecule has 3 amide bonds. The van der Waals surface area contributed by atoms with E-state index >= 15 is 0 Å². The molecule has 3 rings (SSSR count). The monoisotopic (exact) mass is 348 g/mol. The van der Waals surface area contributed by atoms with Gasteiger partial charge in [0, 0.05) is 6.54 Å². The highest BCUT2D eigenvalue weighted by Gasteiger charge is 2.48. The summed E-state index contributed by atoms with van der Waals surface area (Å²) in [5.41, 5.74) is -0.654. The van der Waals surface area contributed by atoms with Crippen LogP contribution in [0.1, 0.15) is 27.2 Å². The molecule has 1 aliphatic carbocycles. The molecule has 4 atom stereocenters. The lowest BCUT2D eigenvalue weighted by molar-refractivity contribution is -0.140. The molecule has 136 valence electrons. The third-order valence-electron chi connectivity index (χ3n) is 4.65. The van der Waals surface area contributed by atoms with Gasteiger partial charge in [0.1, 0.15) is 5.60 Å². The van der Waals surface area contributed by atoms with E-state index in [2.05, 4.69) is 0 Å². The number of allylic oxidation sites excluding steroid dienone is 2. The van der Waals surface area contributed by atoms with Crippen molar-refractivity contribution in [3.63, 3.8) is 0 Å². The summed E-state index contributed by atoms with van der Waals surface area (Å²) in [6, 6.07) is -0.439. The molecule has 0 aromatic rings.